The first-order valence-electron chi connectivity index (χ1n) is 6.71. The standard InChI is InChI=1S/C16H13ClN4O/c17-13-5-3-4-12(10-13)11-21-15(7-9-19-21)20-16(22)14-6-1-2-8-18-14/h1-10H,11H2,(H,20,22). The first kappa shape index (κ1) is 14.3. The fraction of sp³-hybridized carbons (Fsp3) is 0.0625. The minimum atomic E-state index is -0.270. The highest BCUT2D eigenvalue weighted by Crippen LogP contribution is 2.15. The molecule has 2 aromatic heterocycles. The van der Waals surface area contributed by atoms with Crippen molar-refractivity contribution in [3.05, 3.63) is 77.2 Å². The number of carbonyl (C=O) groups excluding carboxylic acids is 1. The van der Waals surface area contributed by atoms with E-state index in [1.165, 1.54) is 0 Å². The van der Waals surface area contributed by atoms with Crippen LogP contribution in [-0.4, -0.2) is 20.7 Å². The summed E-state index contributed by atoms with van der Waals surface area (Å²) in [6.07, 6.45) is 3.22. The SMILES string of the molecule is O=C(Nc1ccnn1Cc1cccc(Cl)c1)c1ccccn1. The van der Waals surface area contributed by atoms with Gasteiger partial charge in [-0.25, -0.2) is 4.68 Å². The lowest BCUT2D eigenvalue weighted by Crippen LogP contribution is -2.17. The van der Waals surface area contributed by atoms with E-state index in [-0.39, 0.29) is 5.91 Å². The van der Waals surface area contributed by atoms with Crippen LogP contribution in [0.1, 0.15) is 16.1 Å². The number of rotatable bonds is 4. The number of hydrogen-bond acceptors (Lipinski definition) is 3. The summed E-state index contributed by atoms with van der Waals surface area (Å²) in [4.78, 5) is 16.2. The maximum absolute atomic E-state index is 12.1. The molecule has 0 bridgehead atoms. The molecule has 1 N–H and O–H groups in total. The van der Waals surface area contributed by atoms with Crippen molar-refractivity contribution in [3.63, 3.8) is 0 Å². The fourth-order valence-electron chi connectivity index (χ4n) is 2.05. The fourth-order valence-corrected chi connectivity index (χ4v) is 2.26. The largest absolute Gasteiger partial charge is 0.305 e. The third-order valence-corrected chi connectivity index (χ3v) is 3.31. The van der Waals surface area contributed by atoms with Crippen LogP contribution in [0.4, 0.5) is 5.82 Å². The Kier molecular flexibility index (Phi) is 4.16. The maximum atomic E-state index is 12.1. The molecule has 2 heterocycles. The topological polar surface area (TPSA) is 59.8 Å². The second-order valence-corrected chi connectivity index (χ2v) is 5.11. The Hall–Kier alpha value is -2.66. The van der Waals surface area contributed by atoms with Gasteiger partial charge in [-0.05, 0) is 29.8 Å². The number of benzene rings is 1. The lowest BCUT2D eigenvalue weighted by Gasteiger charge is -2.09. The van der Waals surface area contributed by atoms with Gasteiger partial charge >= 0.3 is 0 Å². The van der Waals surface area contributed by atoms with E-state index in [1.54, 1.807) is 41.3 Å². The van der Waals surface area contributed by atoms with Gasteiger partial charge in [-0.3, -0.25) is 9.78 Å². The molecule has 0 spiro atoms. The third kappa shape index (κ3) is 3.32. The minimum Gasteiger partial charge on any atom is -0.305 e. The van der Waals surface area contributed by atoms with E-state index < -0.39 is 0 Å². The van der Waals surface area contributed by atoms with E-state index in [9.17, 15) is 4.79 Å². The third-order valence-electron chi connectivity index (χ3n) is 3.08. The first-order chi connectivity index (χ1) is 10.7. The first-order valence-corrected chi connectivity index (χ1v) is 7.09. The molecule has 0 fully saturated rings. The quantitative estimate of drug-likeness (QED) is 0.804. The summed E-state index contributed by atoms with van der Waals surface area (Å²) in [5, 5.41) is 7.70. The highest BCUT2D eigenvalue weighted by molar-refractivity contribution is 6.30. The zero-order valence-electron chi connectivity index (χ0n) is 11.6. The van der Waals surface area contributed by atoms with Crippen LogP contribution in [0.25, 0.3) is 0 Å². The van der Waals surface area contributed by atoms with Gasteiger partial charge in [-0.15, -0.1) is 0 Å². The van der Waals surface area contributed by atoms with E-state index in [2.05, 4.69) is 15.4 Å². The van der Waals surface area contributed by atoms with Gasteiger partial charge in [-0.1, -0.05) is 29.8 Å². The molecule has 110 valence electrons. The molecule has 1 aromatic carbocycles. The van der Waals surface area contributed by atoms with Crippen LogP contribution in [0.5, 0.6) is 0 Å². The molecular weight excluding hydrogens is 300 g/mol. The Morgan fingerprint density at radius 1 is 1.14 bits per heavy atom. The van der Waals surface area contributed by atoms with Crippen LogP contribution < -0.4 is 5.32 Å². The lowest BCUT2D eigenvalue weighted by atomic mass is 10.2. The molecule has 6 heteroatoms. The predicted octanol–water partition coefficient (Wildman–Crippen LogP) is 3.23. The van der Waals surface area contributed by atoms with Crippen LogP contribution in [-0.2, 0) is 6.54 Å². The summed E-state index contributed by atoms with van der Waals surface area (Å²) in [6, 6.07) is 14.5. The molecule has 0 unspecified atom stereocenters. The van der Waals surface area contributed by atoms with Gasteiger partial charge in [0.2, 0.25) is 0 Å². The summed E-state index contributed by atoms with van der Waals surface area (Å²) >= 11 is 5.98. The molecule has 0 radical (unpaired) electrons. The Labute approximate surface area is 132 Å². The van der Waals surface area contributed by atoms with Crippen molar-refractivity contribution in [3.8, 4) is 0 Å². The predicted molar refractivity (Wildman–Crippen MR) is 85.0 cm³/mol. The van der Waals surface area contributed by atoms with Crippen LogP contribution in [0.15, 0.2) is 60.9 Å². The maximum Gasteiger partial charge on any atom is 0.275 e. The van der Waals surface area contributed by atoms with Crippen LogP contribution in [0.3, 0.4) is 0 Å². The zero-order chi connectivity index (χ0) is 15.4. The Balaban J connectivity index is 1.76. The van der Waals surface area contributed by atoms with Crippen LogP contribution >= 0.6 is 11.6 Å². The number of anilines is 1. The summed E-state index contributed by atoms with van der Waals surface area (Å²) in [5.41, 5.74) is 1.36. The van der Waals surface area contributed by atoms with E-state index >= 15 is 0 Å². The number of aromatic nitrogens is 3. The van der Waals surface area contributed by atoms with Crippen molar-refractivity contribution in [2.24, 2.45) is 0 Å². The number of pyridine rings is 1. The zero-order valence-corrected chi connectivity index (χ0v) is 12.4. The second kappa shape index (κ2) is 6.41. The smallest absolute Gasteiger partial charge is 0.275 e. The summed E-state index contributed by atoms with van der Waals surface area (Å²) < 4.78 is 1.70. The van der Waals surface area contributed by atoms with E-state index in [0.717, 1.165) is 5.56 Å². The number of hydrogen-bond donors (Lipinski definition) is 1. The summed E-state index contributed by atoms with van der Waals surface area (Å²) in [6.45, 7) is 0.519. The van der Waals surface area contributed by atoms with Crippen LogP contribution in [0.2, 0.25) is 5.02 Å². The van der Waals surface area contributed by atoms with Crippen molar-refractivity contribution in [1.82, 2.24) is 14.8 Å². The van der Waals surface area contributed by atoms with Gasteiger partial charge in [0, 0.05) is 17.3 Å². The van der Waals surface area contributed by atoms with Crippen molar-refractivity contribution in [2.75, 3.05) is 5.32 Å². The summed E-state index contributed by atoms with van der Waals surface area (Å²) in [7, 11) is 0. The van der Waals surface area contributed by atoms with E-state index in [1.807, 2.05) is 24.3 Å². The Morgan fingerprint density at radius 3 is 2.82 bits per heavy atom. The molecule has 0 saturated heterocycles. The number of carbonyl (C=O) groups is 1. The van der Waals surface area contributed by atoms with E-state index in [0.29, 0.717) is 23.1 Å². The second-order valence-electron chi connectivity index (χ2n) is 4.67. The molecule has 22 heavy (non-hydrogen) atoms. The monoisotopic (exact) mass is 312 g/mol. The van der Waals surface area contributed by atoms with Gasteiger partial charge in [0.15, 0.2) is 0 Å². The molecule has 5 nitrogen and oxygen atoms in total. The number of halogens is 1. The van der Waals surface area contributed by atoms with Gasteiger partial charge < -0.3 is 5.32 Å². The van der Waals surface area contributed by atoms with Crippen molar-refractivity contribution < 1.29 is 4.79 Å². The van der Waals surface area contributed by atoms with Gasteiger partial charge in [0.05, 0.1) is 12.7 Å². The molecule has 0 aliphatic rings. The highest BCUT2D eigenvalue weighted by Gasteiger charge is 2.10. The Morgan fingerprint density at radius 2 is 2.05 bits per heavy atom. The average Bonchev–Trinajstić information content (AvgIpc) is 2.95. The van der Waals surface area contributed by atoms with Crippen molar-refractivity contribution in [1.29, 1.82) is 0 Å². The molecule has 0 aliphatic heterocycles. The van der Waals surface area contributed by atoms with Crippen LogP contribution in [0, 0.1) is 0 Å². The number of amides is 1. The van der Waals surface area contributed by atoms with Gasteiger partial charge in [0.1, 0.15) is 11.5 Å². The molecular formula is C16H13ClN4O. The number of nitrogens with one attached hydrogen (secondary N) is 1. The molecule has 0 saturated carbocycles. The van der Waals surface area contributed by atoms with E-state index in [4.69, 9.17) is 11.6 Å². The minimum absolute atomic E-state index is 0.270. The van der Waals surface area contributed by atoms with Gasteiger partial charge in [-0.2, -0.15) is 5.10 Å². The Bertz CT molecular complexity index is 786. The molecule has 3 rings (SSSR count). The molecule has 0 atom stereocenters. The normalized spacial score (nSPS) is 10.4. The number of nitrogens with zero attached hydrogens (tertiary/aromatic N) is 3. The van der Waals surface area contributed by atoms with Crippen molar-refractivity contribution in [2.45, 2.75) is 6.54 Å². The molecule has 3 aromatic rings. The molecule has 1 amide bonds. The van der Waals surface area contributed by atoms with Crippen molar-refractivity contribution >= 4 is 23.3 Å². The lowest BCUT2D eigenvalue weighted by molar-refractivity contribution is 0.102. The highest BCUT2D eigenvalue weighted by atomic mass is 35.5. The average molecular weight is 313 g/mol. The summed E-state index contributed by atoms with van der Waals surface area (Å²) in [5.74, 6) is 0.337. The molecule has 0 aliphatic carbocycles. The van der Waals surface area contributed by atoms with Gasteiger partial charge in [0.25, 0.3) is 5.91 Å².